The number of methoxy groups -OCH3 is 1. The second-order valence-corrected chi connectivity index (χ2v) is 9.85. The van der Waals surface area contributed by atoms with Gasteiger partial charge in [-0.25, -0.2) is 4.39 Å². The van der Waals surface area contributed by atoms with Gasteiger partial charge in [-0.1, -0.05) is 18.2 Å². The Morgan fingerprint density at radius 2 is 1.97 bits per heavy atom. The maximum absolute atomic E-state index is 14.6. The zero-order valence-electron chi connectivity index (χ0n) is 21.0. The standard InChI is InChI=1S/C28H31FN2O7/c1-37-22-11-15(14-33)10-18-23-19(27(35)30-8-9-32)12-21(24(34)26(23)38-25(18)22)31(28(36)16-6-7-16)13-17-4-2-3-5-20(17)29/h2-5,10-12,16,21,23-24,26,32-34H,6-9,13-14H2,1H3,(H,30,35)/t21-,23+,24+,26+/m1/s1. The zero-order chi connectivity index (χ0) is 27.0. The van der Waals surface area contributed by atoms with Gasteiger partial charge in [0.2, 0.25) is 11.8 Å². The van der Waals surface area contributed by atoms with Crippen LogP contribution in [0.2, 0.25) is 0 Å². The van der Waals surface area contributed by atoms with E-state index in [1.54, 1.807) is 36.4 Å². The molecule has 1 fully saturated rings. The smallest absolute Gasteiger partial charge is 0.247 e. The molecule has 0 spiro atoms. The van der Waals surface area contributed by atoms with E-state index in [9.17, 15) is 29.3 Å². The van der Waals surface area contributed by atoms with Gasteiger partial charge < -0.3 is 35.0 Å². The van der Waals surface area contributed by atoms with Gasteiger partial charge in [-0.3, -0.25) is 9.59 Å². The number of nitrogens with zero attached hydrogens (tertiary/aromatic N) is 1. The predicted octanol–water partition coefficient (Wildman–Crippen LogP) is 1.39. The van der Waals surface area contributed by atoms with Crippen molar-refractivity contribution < 1.29 is 38.8 Å². The summed E-state index contributed by atoms with van der Waals surface area (Å²) in [5, 5.41) is 33.3. The van der Waals surface area contributed by atoms with Crippen LogP contribution in [0.3, 0.4) is 0 Å². The first-order valence-electron chi connectivity index (χ1n) is 12.7. The number of benzene rings is 2. The van der Waals surface area contributed by atoms with Gasteiger partial charge in [0, 0.05) is 35.7 Å². The molecule has 4 N–H and O–H groups in total. The number of hydrogen-bond acceptors (Lipinski definition) is 7. The highest BCUT2D eigenvalue weighted by atomic mass is 19.1. The summed E-state index contributed by atoms with van der Waals surface area (Å²) >= 11 is 0. The van der Waals surface area contributed by atoms with Crippen LogP contribution in [-0.2, 0) is 22.7 Å². The molecule has 9 nitrogen and oxygen atoms in total. The lowest BCUT2D eigenvalue weighted by molar-refractivity contribution is -0.139. The lowest BCUT2D eigenvalue weighted by Crippen LogP contribution is -2.55. The maximum atomic E-state index is 14.6. The summed E-state index contributed by atoms with van der Waals surface area (Å²) in [4.78, 5) is 28.2. The number of carbonyl (C=O) groups excluding carboxylic acids is 2. The maximum Gasteiger partial charge on any atom is 0.247 e. The molecule has 2 aliphatic carbocycles. The largest absolute Gasteiger partial charge is 0.493 e. The van der Waals surface area contributed by atoms with Crippen LogP contribution in [0.15, 0.2) is 48.0 Å². The van der Waals surface area contributed by atoms with Gasteiger partial charge in [-0.15, -0.1) is 0 Å². The Balaban J connectivity index is 1.60. The molecule has 1 aliphatic heterocycles. The summed E-state index contributed by atoms with van der Waals surface area (Å²) in [5.74, 6) is -1.44. The van der Waals surface area contributed by atoms with Crippen LogP contribution in [0.1, 0.15) is 35.4 Å². The van der Waals surface area contributed by atoms with Crippen molar-refractivity contribution in [2.45, 2.75) is 50.2 Å². The molecule has 0 saturated heterocycles. The van der Waals surface area contributed by atoms with Crippen LogP contribution in [0, 0.1) is 11.7 Å². The van der Waals surface area contributed by atoms with E-state index in [2.05, 4.69) is 5.32 Å². The van der Waals surface area contributed by atoms with E-state index in [0.717, 1.165) is 0 Å². The Kier molecular flexibility index (Phi) is 7.38. The van der Waals surface area contributed by atoms with Crippen molar-refractivity contribution >= 4 is 11.8 Å². The van der Waals surface area contributed by atoms with Crippen molar-refractivity contribution in [3.8, 4) is 11.5 Å². The number of hydrogen-bond donors (Lipinski definition) is 4. The van der Waals surface area contributed by atoms with Crippen molar-refractivity contribution in [3.05, 3.63) is 70.6 Å². The summed E-state index contributed by atoms with van der Waals surface area (Å²) in [6, 6.07) is 8.49. The van der Waals surface area contributed by atoms with Crippen molar-refractivity contribution in [2.75, 3.05) is 20.3 Å². The van der Waals surface area contributed by atoms with Crippen LogP contribution < -0.4 is 14.8 Å². The van der Waals surface area contributed by atoms with Gasteiger partial charge in [0.15, 0.2) is 11.5 Å². The monoisotopic (exact) mass is 526 g/mol. The van der Waals surface area contributed by atoms with Gasteiger partial charge >= 0.3 is 0 Å². The third-order valence-electron chi connectivity index (χ3n) is 7.36. The van der Waals surface area contributed by atoms with Crippen LogP contribution in [0.5, 0.6) is 11.5 Å². The fraction of sp³-hybridized carbons (Fsp3) is 0.429. The Bertz CT molecular complexity index is 1260. The molecule has 38 heavy (non-hydrogen) atoms. The molecule has 0 radical (unpaired) electrons. The second kappa shape index (κ2) is 10.7. The summed E-state index contributed by atoms with van der Waals surface area (Å²) in [7, 11) is 1.45. The first-order chi connectivity index (χ1) is 18.4. The van der Waals surface area contributed by atoms with E-state index < -0.39 is 35.9 Å². The van der Waals surface area contributed by atoms with Gasteiger partial charge in [0.1, 0.15) is 18.0 Å². The Labute approximate surface area is 219 Å². The normalized spacial score (nSPS) is 23.6. The number of aliphatic hydroxyl groups is 3. The number of ether oxygens (including phenoxy) is 2. The lowest BCUT2D eigenvalue weighted by Gasteiger charge is -2.41. The molecule has 0 bridgehead atoms. The van der Waals surface area contributed by atoms with Crippen molar-refractivity contribution in [2.24, 2.45) is 5.92 Å². The van der Waals surface area contributed by atoms with Crippen molar-refractivity contribution in [1.82, 2.24) is 10.2 Å². The van der Waals surface area contributed by atoms with E-state index in [-0.39, 0.29) is 43.7 Å². The van der Waals surface area contributed by atoms with E-state index in [1.165, 1.54) is 18.1 Å². The first-order valence-corrected chi connectivity index (χ1v) is 12.7. The molecule has 0 aromatic heterocycles. The van der Waals surface area contributed by atoms with Gasteiger partial charge in [0.25, 0.3) is 0 Å². The molecule has 1 heterocycles. The molecule has 10 heteroatoms. The molecule has 5 rings (SSSR count). The topological polar surface area (TPSA) is 129 Å². The highest BCUT2D eigenvalue weighted by Gasteiger charge is 2.52. The number of amides is 2. The number of rotatable bonds is 9. The minimum atomic E-state index is -1.25. The molecule has 2 aromatic carbocycles. The van der Waals surface area contributed by atoms with Crippen LogP contribution >= 0.6 is 0 Å². The number of halogens is 1. The van der Waals surface area contributed by atoms with Gasteiger partial charge in [-0.2, -0.15) is 0 Å². The summed E-state index contributed by atoms with van der Waals surface area (Å²) in [5.41, 5.74) is 1.65. The quantitative estimate of drug-likeness (QED) is 0.389. The predicted molar refractivity (Wildman–Crippen MR) is 134 cm³/mol. The molecular weight excluding hydrogens is 495 g/mol. The molecular formula is C28H31FN2O7. The Hall–Kier alpha value is -3.47. The minimum Gasteiger partial charge on any atom is -0.493 e. The average molecular weight is 527 g/mol. The summed E-state index contributed by atoms with van der Waals surface area (Å²) < 4.78 is 26.3. The fourth-order valence-electron chi connectivity index (χ4n) is 5.32. The highest BCUT2D eigenvalue weighted by molar-refractivity contribution is 5.96. The molecule has 0 unspecified atom stereocenters. The van der Waals surface area contributed by atoms with Crippen LogP contribution in [0.4, 0.5) is 4.39 Å². The molecule has 3 aliphatic rings. The van der Waals surface area contributed by atoms with E-state index in [1.807, 2.05) is 0 Å². The zero-order valence-corrected chi connectivity index (χ0v) is 21.0. The fourth-order valence-corrected chi connectivity index (χ4v) is 5.32. The molecule has 2 amide bonds. The van der Waals surface area contributed by atoms with E-state index >= 15 is 0 Å². The summed E-state index contributed by atoms with van der Waals surface area (Å²) in [6.07, 6.45) is 0.762. The number of carbonyl (C=O) groups is 2. The summed E-state index contributed by atoms with van der Waals surface area (Å²) in [6.45, 7) is -0.620. The Morgan fingerprint density at radius 1 is 1.21 bits per heavy atom. The average Bonchev–Trinajstić information content (AvgIpc) is 3.71. The third kappa shape index (κ3) is 4.75. The minimum absolute atomic E-state index is 0.00837. The van der Waals surface area contributed by atoms with Crippen molar-refractivity contribution in [1.29, 1.82) is 0 Å². The number of nitrogens with one attached hydrogen (secondary N) is 1. The highest BCUT2D eigenvalue weighted by Crippen LogP contribution is 2.51. The van der Waals surface area contributed by atoms with Crippen LogP contribution in [0.25, 0.3) is 0 Å². The van der Waals surface area contributed by atoms with Gasteiger partial charge in [-0.05, 0) is 42.7 Å². The second-order valence-electron chi connectivity index (χ2n) is 9.85. The third-order valence-corrected chi connectivity index (χ3v) is 7.36. The molecule has 202 valence electrons. The Morgan fingerprint density at radius 3 is 2.63 bits per heavy atom. The number of aliphatic hydroxyl groups excluding tert-OH is 3. The first kappa shape index (κ1) is 26.1. The van der Waals surface area contributed by atoms with E-state index in [4.69, 9.17) is 9.47 Å². The number of fused-ring (bicyclic) bond motifs is 3. The van der Waals surface area contributed by atoms with E-state index in [0.29, 0.717) is 41.0 Å². The molecule has 2 aromatic rings. The van der Waals surface area contributed by atoms with Gasteiger partial charge in [0.05, 0.1) is 32.3 Å². The molecule has 4 atom stereocenters. The van der Waals surface area contributed by atoms with Crippen molar-refractivity contribution in [3.63, 3.8) is 0 Å². The molecule has 1 saturated carbocycles. The SMILES string of the molecule is COc1cc(CO)cc2c1O[C@@H]1[C@@H](O)[C@H](N(Cc3ccccc3F)C(=O)C3CC3)C=C(C(=O)NCCO)[C@H]21. The lowest BCUT2D eigenvalue weighted by atomic mass is 9.77. The van der Waals surface area contributed by atoms with Crippen LogP contribution in [-0.4, -0.2) is 70.5 Å².